The van der Waals surface area contributed by atoms with Crippen molar-refractivity contribution < 1.29 is 4.74 Å². The molecule has 1 heterocycles. The van der Waals surface area contributed by atoms with Crippen LogP contribution in [-0.4, -0.2) is 15.7 Å². The monoisotopic (exact) mass is 310 g/mol. The Balaban J connectivity index is 1.92. The van der Waals surface area contributed by atoms with Gasteiger partial charge in [0, 0.05) is 23.4 Å². The first-order valence-electron chi connectivity index (χ1n) is 5.84. The van der Waals surface area contributed by atoms with Crippen LogP contribution in [0, 0.1) is 0 Å². The lowest BCUT2D eigenvalue weighted by atomic mass is 10.3. The molecule has 4 nitrogen and oxygen atoms in total. The van der Waals surface area contributed by atoms with Crippen LogP contribution in [-0.2, 0) is 13.1 Å². The lowest BCUT2D eigenvalue weighted by Crippen LogP contribution is -2.25. The van der Waals surface area contributed by atoms with E-state index >= 15 is 0 Å². The minimum Gasteiger partial charge on any atom is -0.492 e. The van der Waals surface area contributed by atoms with E-state index in [2.05, 4.69) is 15.9 Å². The van der Waals surface area contributed by atoms with E-state index in [1.807, 2.05) is 31.2 Å². The molecule has 0 bridgehead atoms. The molecule has 0 amide bonds. The molecule has 0 saturated heterocycles. The number of hydrogen-bond donors (Lipinski definition) is 0. The maximum absolute atomic E-state index is 11.8. The van der Waals surface area contributed by atoms with Gasteiger partial charge in [-0.2, -0.15) is 0 Å². The highest BCUT2D eigenvalue weighted by atomic mass is 79.9. The SMILES string of the molecule is CCn1ccn(CCOc2cccc(Br)c2)c1=O. The van der Waals surface area contributed by atoms with Crippen molar-refractivity contribution in [3.63, 3.8) is 0 Å². The van der Waals surface area contributed by atoms with Gasteiger partial charge >= 0.3 is 5.69 Å². The Labute approximate surface area is 114 Å². The van der Waals surface area contributed by atoms with E-state index in [9.17, 15) is 4.79 Å². The van der Waals surface area contributed by atoms with Crippen LogP contribution in [0.25, 0.3) is 0 Å². The zero-order chi connectivity index (χ0) is 13.0. The second-order valence-corrected chi connectivity index (χ2v) is 4.78. The maximum Gasteiger partial charge on any atom is 0.328 e. The molecule has 2 aromatic rings. The predicted molar refractivity (Wildman–Crippen MR) is 74.0 cm³/mol. The average Bonchev–Trinajstić information content (AvgIpc) is 2.71. The number of benzene rings is 1. The molecule has 2 rings (SSSR count). The molecule has 18 heavy (non-hydrogen) atoms. The molecule has 0 aliphatic carbocycles. The molecule has 1 aromatic heterocycles. The summed E-state index contributed by atoms with van der Waals surface area (Å²) in [6.45, 7) is 3.67. The van der Waals surface area contributed by atoms with E-state index in [0.717, 1.165) is 10.2 Å². The summed E-state index contributed by atoms with van der Waals surface area (Å²) >= 11 is 3.38. The van der Waals surface area contributed by atoms with E-state index in [0.29, 0.717) is 19.7 Å². The fourth-order valence-corrected chi connectivity index (χ4v) is 2.06. The van der Waals surface area contributed by atoms with Crippen molar-refractivity contribution in [2.75, 3.05) is 6.61 Å². The van der Waals surface area contributed by atoms with Gasteiger partial charge < -0.3 is 4.74 Å². The van der Waals surface area contributed by atoms with Crippen LogP contribution >= 0.6 is 15.9 Å². The van der Waals surface area contributed by atoms with E-state index in [4.69, 9.17) is 4.74 Å². The van der Waals surface area contributed by atoms with Crippen molar-refractivity contribution in [1.82, 2.24) is 9.13 Å². The summed E-state index contributed by atoms with van der Waals surface area (Å²) in [7, 11) is 0. The summed E-state index contributed by atoms with van der Waals surface area (Å²) in [5.74, 6) is 0.798. The maximum atomic E-state index is 11.8. The first-order valence-corrected chi connectivity index (χ1v) is 6.64. The Hall–Kier alpha value is -1.49. The Morgan fingerprint density at radius 1 is 1.28 bits per heavy atom. The van der Waals surface area contributed by atoms with E-state index in [-0.39, 0.29) is 5.69 Å². The summed E-state index contributed by atoms with van der Waals surface area (Å²) in [6, 6.07) is 7.66. The third-order valence-electron chi connectivity index (χ3n) is 2.66. The fraction of sp³-hybridized carbons (Fsp3) is 0.308. The third kappa shape index (κ3) is 3.04. The predicted octanol–water partition coefficient (Wildman–Crippen LogP) is 2.51. The molecule has 0 atom stereocenters. The van der Waals surface area contributed by atoms with E-state index in [1.54, 1.807) is 21.5 Å². The van der Waals surface area contributed by atoms with Crippen LogP contribution in [0.4, 0.5) is 0 Å². The van der Waals surface area contributed by atoms with Crippen LogP contribution in [0.2, 0.25) is 0 Å². The molecule has 0 N–H and O–H groups in total. The van der Waals surface area contributed by atoms with E-state index in [1.165, 1.54) is 0 Å². The van der Waals surface area contributed by atoms with Gasteiger partial charge in [0.15, 0.2) is 0 Å². The van der Waals surface area contributed by atoms with Crippen molar-refractivity contribution in [2.45, 2.75) is 20.0 Å². The normalized spacial score (nSPS) is 10.6. The number of hydrogen-bond acceptors (Lipinski definition) is 2. The lowest BCUT2D eigenvalue weighted by Gasteiger charge is -2.06. The van der Waals surface area contributed by atoms with Crippen LogP contribution in [0.1, 0.15) is 6.92 Å². The Kier molecular flexibility index (Phi) is 4.25. The molecular weight excluding hydrogens is 296 g/mol. The highest BCUT2D eigenvalue weighted by Crippen LogP contribution is 2.17. The van der Waals surface area contributed by atoms with Crippen molar-refractivity contribution in [3.8, 4) is 5.75 Å². The van der Waals surface area contributed by atoms with Gasteiger partial charge in [-0.1, -0.05) is 22.0 Å². The van der Waals surface area contributed by atoms with Crippen molar-refractivity contribution in [3.05, 3.63) is 51.6 Å². The quantitative estimate of drug-likeness (QED) is 0.851. The minimum absolute atomic E-state index is 0.00958. The third-order valence-corrected chi connectivity index (χ3v) is 3.15. The molecule has 0 aliphatic rings. The number of ether oxygens (including phenoxy) is 1. The van der Waals surface area contributed by atoms with Gasteiger partial charge in [0.25, 0.3) is 0 Å². The van der Waals surface area contributed by atoms with Crippen molar-refractivity contribution >= 4 is 15.9 Å². The summed E-state index contributed by atoms with van der Waals surface area (Å²) in [5, 5.41) is 0. The fourth-order valence-electron chi connectivity index (χ4n) is 1.68. The first kappa shape index (κ1) is 13.0. The smallest absolute Gasteiger partial charge is 0.328 e. The van der Waals surface area contributed by atoms with E-state index < -0.39 is 0 Å². The zero-order valence-electron chi connectivity index (χ0n) is 10.2. The summed E-state index contributed by atoms with van der Waals surface area (Å²) in [4.78, 5) is 11.8. The molecule has 5 heteroatoms. The number of imidazole rings is 1. The molecule has 0 saturated carbocycles. The number of aryl methyl sites for hydroxylation is 1. The zero-order valence-corrected chi connectivity index (χ0v) is 11.8. The van der Waals surface area contributed by atoms with Gasteiger partial charge in [0.1, 0.15) is 12.4 Å². The highest BCUT2D eigenvalue weighted by molar-refractivity contribution is 9.10. The Morgan fingerprint density at radius 2 is 2.06 bits per heavy atom. The van der Waals surface area contributed by atoms with Gasteiger partial charge in [-0.05, 0) is 25.1 Å². The summed E-state index contributed by atoms with van der Waals surface area (Å²) < 4.78 is 9.89. The van der Waals surface area contributed by atoms with Crippen molar-refractivity contribution in [1.29, 1.82) is 0 Å². The van der Waals surface area contributed by atoms with Crippen LogP contribution in [0.15, 0.2) is 45.9 Å². The van der Waals surface area contributed by atoms with Gasteiger partial charge in [-0.3, -0.25) is 9.13 Å². The second kappa shape index (κ2) is 5.91. The number of halogens is 1. The summed E-state index contributed by atoms with van der Waals surface area (Å²) in [6.07, 6.45) is 3.58. The molecule has 0 fully saturated rings. The molecular formula is C13H15BrN2O2. The van der Waals surface area contributed by atoms with Crippen LogP contribution in [0.3, 0.4) is 0 Å². The van der Waals surface area contributed by atoms with Gasteiger partial charge in [0.2, 0.25) is 0 Å². The molecule has 1 aromatic carbocycles. The highest BCUT2D eigenvalue weighted by Gasteiger charge is 2.01. The topological polar surface area (TPSA) is 36.2 Å². The number of aromatic nitrogens is 2. The largest absolute Gasteiger partial charge is 0.492 e. The average molecular weight is 311 g/mol. The Morgan fingerprint density at radius 3 is 2.72 bits per heavy atom. The second-order valence-electron chi connectivity index (χ2n) is 3.87. The number of nitrogens with zero attached hydrogens (tertiary/aromatic N) is 2. The molecule has 0 spiro atoms. The number of rotatable bonds is 5. The Bertz CT molecular complexity index is 574. The molecule has 0 aliphatic heterocycles. The van der Waals surface area contributed by atoms with Crippen molar-refractivity contribution in [2.24, 2.45) is 0 Å². The lowest BCUT2D eigenvalue weighted by molar-refractivity contribution is 0.295. The standard InChI is InChI=1S/C13H15BrN2O2/c1-2-15-6-7-16(13(15)17)8-9-18-12-5-3-4-11(14)10-12/h3-7,10H,2,8-9H2,1H3. The summed E-state index contributed by atoms with van der Waals surface area (Å²) in [5.41, 5.74) is 0.00958. The molecule has 96 valence electrons. The minimum atomic E-state index is 0.00958. The van der Waals surface area contributed by atoms with Gasteiger partial charge in [-0.25, -0.2) is 4.79 Å². The van der Waals surface area contributed by atoms with Gasteiger partial charge in [0.05, 0.1) is 6.54 Å². The van der Waals surface area contributed by atoms with Crippen LogP contribution in [0.5, 0.6) is 5.75 Å². The van der Waals surface area contributed by atoms with Crippen LogP contribution < -0.4 is 10.4 Å². The first-order chi connectivity index (χ1) is 8.70. The molecule has 0 radical (unpaired) electrons. The molecule has 0 unspecified atom stereocenters. The van der Waals surface area contributed by atoms with Gasteiger partial charge in [-0.15, -0.1) is 0 Å².